The number of amides is 1. The van der Waals surface area contributed by atoms with Crippen LogP contribution in [0.3, 0.4) is 0 Å². The van der Waals surface area contributed by atoms with Crippen LogP contribution >= 0.6 is 0 Å². The van der Waals surface area contributed by atoms with Crippen LogP contribution < -0.4 is 4.90 Å². The van der Waals surface area contributed by atoms with Gasteiger partial charge >= 0.3 is 0 Å². The second-order valence-corrected chi connectivity index (χ2v) is 7.89. The highest BCUT2D eigenvalue weighted by molar-refractivity contribution is 5.76. The lowest BCUT2D eigenvalue weighted by Crippen LogP contribution is -2.50. The molecule has 0 aliphatic carbocycles. The molecule has 0 spiro atoms. The number of para-hydroxylation sites is 1. The van der Waals surface area contributed by atoms with Crippen molar-refractivity contribution < 1.29 is 13.6 Å². The molecule has 0 radical (unpaired) electrons. The van der Waals surface area contributed by atoms with E-state index in [1.807, 2.05) is 6.07 Å². The minimum absolute atomic E-state index is 0.0548. The Bertz CT molecular complexity index is 837. The highest BCUT2D eigenvalue weighted by Gasteiger charge is 2.29. The average molecular weight is 399 g/mol. The van der Waals surface area contributed by atoms with Crippen molar-refractivity contribution in [2.24, 2.45) is 0 Å². The standard InChI is InChI=1S/C23H27F2N3O/c24-19-7-6-18(22(25)16-19)17-28-11-10-21(8-9-23(28)29)27-14-12-26(13-15-27)20-4-2-1-3-5-20/h1-7,16,21H,8-15,17H2. The van der Waals surface area contributed by atoms with E-state index in [-0.39, 0.29) is 12.5 Å². The zero-order valence-electron chi connectivity index (χ0n) is 16.6. The average Bonchev–Trinajstić information content (AvgIpc) is 2.93. The number of piperazine rings is 1. The van der Waals surface area contributed by atoms with Crippen molar-refractivity contribution in [1.82, 2.24) is 9.80 Å². The maximum absolute atomic E-state index is 14.0. The van der Waals surface area contributed by atoms with Gasteiger partial charge in [-0.25, -0.2) is 8.78 Å². The first-order valence-electron chi connectivity index (χ1n) is 10.4. The number of nitrogens with zero attached hydrogens (tertiary/aromatic N) is 3. The molecular formula is C23H27F2N3O. The molecule has 0 bridgehead atoms. The molecule has 154 valence electrons. The first kappa shape index (κ1) is 19.8. The van der Waals surface area contributed by atoms with E-state index in [1.165, 1.54) is 17.8 Å². The van der Waals surface area contributed by atoms with Crippen molar-refractivity contribution >= 4 is 11.6 Å². The Balaban J connectivity index is 1.33. The normalized spacial score (nSPS) is 21.3. The third-order valence-corrected chi connectivity index (χ3v) is 6.10. The highest BCUT2D eigenvalue weighted by Crippen LogP contribution is 2.23. The van der Waals surface area contributed by atoms with E-state index in [9.17, 15) is 13.6 Å². The Labute approximate surface area is 170 Å². The Morgan fingerprint density at radius 3 is 2.38 bits per heavy atom. The van der Waals surface area contributed by atoms with Crippen LogP contribution in [0.15, 0.2) is 48.5 Å². The zero-order valence-corrected chi connectivity index (χ0v) is 16.6. The summed E-state index contributed by atoms with van der Waals surface area (Å²) in [5.74, 6) is -1.13. The van der Waals surface area contributed by atoms with Gasteiger partial charge in [-0.05, 0) is 31.0 Å². The highest BCUT2D eigenvalue weighted by atomic mass is 19.1. The number of anilines is 1. The van der Waals surface area contributed by atoms with Gasteiger partial charge in [-0.1, -0.05) is 24.3 Å². The molecule has 4 nitrogen and oxygen atoms in total. The number of rotatable bonds is 4. The lowest BCUT2D eigenvalue weighted by molar-refractivity contribution is -0.131. The predicted molar refractivity (Wildman–Crippen MR) is 110 cm³/mol. The molecule has 2 aliphatic heterocycles. The summed E-state index contributed by atoms with van der Waals surface area (Å²) in [6.45, 7) is 4.76. The molecule has 4 rings (SSSR count). The molecule has 2 aromatic carbocycles. The van der Waals surface area contributed by atoms with Gasteiger partial charge in [-0.15, -0.1) is 0 Å². The van der Waals surface area contributed by atoms with Gasteiger partial charge in [0.25, 0.3) is 0 Å². The number of carbonyl (C=O) groups is 1. The number of halogens is 2. The third-order valence-electron chi connectivity index (χ3n) is 6.10. The monoisotopic (exact) mass is 399 g/mol. The van der Waals surface area contributed by atoms with Gasteiger partial charge in [-0.3, -0.25) is 9.69 Å². The van der Waals surface area contributed by atoms with Crippen molar-refractivity contribution in [2.45, 2.75) is 31.8 Å². The van der Waals surface area contributed by atoms with Crippen LogP contribution in [0, 0.1) is 11.6 Å². The molecule has 1 amide bonds. The topological polar surface area (TPSA) is 26.8 Å². The van der Waals surface area contributed by atoms with E-state index < -0.39 is 11.6 Å². The van der Waals surface area contributed by atoms with Gasteiger partial charge in [0.15, 0.2) is 0 Å². The second-order valence-electron chi connectivity index (χ2n) is 7.89. The van der Waals surface area contributed by atoms with E-state index >= 15 is 0 Å². The van der Waals surface area contributed by atoms with Crippen molar-refractivity contribution in [2.75, 3.05) is 37.6 Å². The summed E-state index contributed by atoms with van der Waals surface area (Å²) in [5.41, 5.74) is 1.63. The first-order chi connectivity index (χ1) is 14.1. The van der Waals surface area contributed by atoms with Crippen molar-refractivity contribution in [3.05, 3.63) is 65.7 Å². The Morgan fingerprint density at radius 2 is 1.66 bits per heavy atom. The first-order valence-corrected chi connectivity index (χ1v) is 10.4. The predicted octanol–water partition coefficient (Wildman–Crippen LogP) is 3.67. The molecule has 1 atom stereocenters. The number of benzene rings is 2. The summed E-state index contributed by atoms with van der Waals surface area (Å²) in [6, 6.07) is 14.4. The summed E-state index contributed by atoms with van der Waals surface area (Å²) in [7, 11) is 0. The molecule has 0 saturated carbocycles. The number of likely N-dealkylation sites (tertiary alicyclic amines) is 1. The summed E-state index contributed by atoms with van der Waals surface area (Å²) in [4.78, 5) is 19.2. The zero-order chi connectivity index (χ0) is 20.2. The SMILES string of the molecule is O=C1CCC(N2CCN(c3ccccc3)CC2)CCN1Cc1ccc(F)cc1F. The summed E-state index contributed by atoms with van der Waals surface area (Å²) in [6.07, 6.45) is 2.21. The molecular weight excluding hydrogens is 372 g/mol. The fraction of sp³-hybridized carbons (Fsp3) is 0.435. The van der Waals surface area contributed by atoms with Gasteiger partial charge in [0, 0.05) is 69.0 Å². The molecule has 0 N–H and O–H groups in total. The molecule has 2 heterocycles. The maximum Gasteiger partial charge on any atom is 0.222 e. The fourth-order valence-electron chi connectivity index (χ4n) is 4.39. The molecule has 6 heteroatoms. The van der Waals surface area contributed by atoms with Crippen LogP contribution in [0.5, 0.6) is 0 Å². The fourth-order valence-corrected chi connectivity index (χ4v) is 4.39. The van der Waals surface area contributed by atoms with Gasteiger partial charge in [0.05, 0.1) is 0 Å². The second kappa shape index (κ2) is 8.91. The lowest BCUT2D eigenvalue weighted by atomic mass is 10.1. The molecule has 2 aromatic rings. The minimum atomic E-state index is -0.594. The molecule has 2 saturated heterocycles. The van der Waals surface area contributed by atoms with E-state index in [0.717, 1.165) is 45.1 Å². The minimum Gasteiger partial charge on any atom is -0.369 e. The van der Waals surface area contributed by atoms with Crippen LogP contribution in [0.25, 0.3) is 0 Å². The van der Waals surface area contributed by atoms with E-state index in [1.54, 1.807) is 4.90 Å². The van der Waals surface area contributed by atoms with Crippen LogP contribution in [0.4, 0.5) is 14.5 Å². The van der Waals surface area contributed by atoms with Crippen molar-refractivity contribution in [1.29, 1.82) is 0 Å². The van der Waals surface area contributed by atoms with Crippen molar-refractivity contribution in [3.63, 3.8) is 0 Å². The van der Waals surface area contributed by atoms with Crippen LogP contribution in [-0.2, 0) is 11.3 Å². The van der Waals surface area contributed by atoms with Gasteiger partial charge in [-0.2, -0.15) is 0 Å². The van der Waals surface area contributed by atoms with E-state index in [0.29, 0.717) is 24.6 Å². The molecule has 1 unspecified atom stereocenters. The lowest BCUT2D eigenvalue weighted by Gasteiger charge is -2.40. The smallest absolute Gasteiger partial charge is 0.222 e. The Hall–Kier alpha value is -2.47. The number of hydrogen-bond acceptors (Lipinski definition) is 3. The molecule has 0 aromatic heterocycles. The van der Waals surface area contributed by atoms with Crippen LogP contribution in [0.2, 0.25) is 0 Å². The summed E-state index contributed by atoms with van der Waals surface area (Å²) < 4.78 is 27.1. The Kier molecular flexibility index (Phi) is 6.09. The largest absolute Gasteiger partial charge is 0.369 e. The van der Waals surface area contributed by atoms with Crippen LogP contribution in [-0.4, -0.2) is 54.5 Å². The Morgan fingerprint density at radius 1 is 0.897 bits per heavy atom. The quantitative estimate of drug-likeness (QED) is 0.785. The van der Waals surface area contributed by atoms with Gasteiger partial charge in [0.1, 0.15) is 11.6 Å². The molecule has 2 fully saturated rings. The van der Waals surface area contributed by atoms with E-state index in [2.05, 4.69) is 34.1 Å². The van der Waals surface area contributed by atoms with Crippen molar-refractivity contribution in [3.8, 4) is 0 Å². The van der Waals surface area contributed by atoms with E-state index in [4.69, 9.17) is 0 Å². The molecule has 2 aliphatic rings. The van der Waals surface area contributed by atoms with Crippen LogP contribution in [0.1, 0.15) is 24.8 Å². The molecule has 29 heavy (non-hydrogen) atoms. The number of carbonyl (C=O) groups excluding carboxylic acids is 1. The maximum atomic E-state index is 14.0. The third kappa shape index (κ3) is 4.75. The summed E-state index contributed by atoms with van der Waals surface area (Å²) >= 11 is 0. The van der Waals surface area contributed by atoms with Gasteiger partial charge < -0.3 is 9.80 Å². The summed E-state index contributed by atoms with van der Waals surface area (Å²) in [5, 5.41) is 0. The van der Waals surface area contributed by atoms with Gasteiger partial charge in [0.2, 0.25) is 5.91 Å². The number of hydrogen-bond donors (Lipinski definition) is 0.